The van der Waals surface area contributed by atoms with E-state index in [9.17, 15) is 8.42 Å². The molecule has 0 aliphatic carbocycles. The zero-order valence-corrected chi connectivity index (χ0v) is 18.2. The predicted molar refractivity (Wildman–Crippen MR) is 126 cm³/mol. The number of nitrogens with one attached hydrogen (secondary N) is 3. The van der Waals surface area contributed by atoms with Crippen LogP contribution in [0.4, 0.5) is 28.8 Å². The highest BCUT2D eigenvalue weighted by molar-refractivity contribution is 7.92. The topological polar surface area (TPSA) is 118 Å². The van der Waals surface area contributed by atoms with Crippen molar-refractivity contribution in [1.82, 2.24) is 15.0 Å². The maximum absolute atomic E-state index is 12.8. The minimum absolute atomic E-state index is 0.211. The summed E-state index contributed by atoms with van der Waals surface area (Å²) in [7, 11) is -3.70. The van der Waals surface area contributed by atoms with Gasteiger partial charge in [0.05, 0.1) is 11.5 Å². The van der Waals surface area contributed by atoms with Crippen LogP contribution in [0.5, 0.6) is 5.75 Å². The second kappa shape index (κ2) is 8.75. The molecule has 10 heteroatoms. The Labute approximate surface area is 191 Å². The van der Waals surface area contributed by atoms with Crippen molar-refractivity contribution >= 4 is 38.9 Å². The van der Waals surface area contributed by atoms with E-state index in [1.54, 1.807) is 54.7 Å². The molecule has 4 aromatic rings. The molecule has 0 bridgehead atoms. The number of pyridine rings is 1. The number of anilines is 5. The van der Waals surface area contributed by atoms with Crippen molar-refractivity contribution in [1.29, 1.82) is 0 Å². The van der Waals surface area contributed by atoms with E-state index in [2.05, 4.69) is 30.3 Å². The van der Waals surface area contributed by atoms with Gasteiger partial charge in [0.1, 0.15) is 29.5 Å². The van der Waals surface area contributed by atoms with Crippen LogP contribution >= 0.6 is 0 Å². The molecule has 9 nitrogen and oxygen atoms in total. The minimum Gasteiger partial charge on any atom is -0.493 e. The fourth-order valence-corrected chi connectivity index (χ4v) is 4.48. The second-order valence-electron chi connectivity index (χ2n) is 7.30. The van der Waals surface area contributed by atoms with Crippen molar-refractivity contribution in [3.8, 4) is 5.75 Å². The Morgan fingerprint density at radius 2 is 1.58 bits per heavy atom. The van der Waals surface area contributed by atoms with Crippen molar-refractivity contribution < 1.29 is 13.2 Å². The van der Waals surface area contributed by atoms with E-state index in [-0.39, 0.29) is 4.90 Å². The highest BCUT2D eigenvalue weighted by Crippen LogP contribution is 2.29. The number of sulfonamides is 1. The van der Waals surface area contributed by atoms with E-state index in [4.69, 9.17) is 4.74 Å². The zero-order valence-electron chi connectivity index (χ0n) is 17.4. The Morgan fingerprint density at radius 3 is 2.36 bits per heavy atom. The minimum atomic E-state index is -3.70. The molecule has 33 heavy (non-hydrogen) atoms. The second-order valence-corrected chi connectivity index (χ2v) is 8.99. The van der Waals surface area contributed by atoms with Gasteiger partial charge < -0.3 is 15.4 Å². The molecular weight excluding hydrogens is 440 g/mol. The number of hydrogen-bond acceptors (Lipinski definition) is 8. The standard InChI is InChI=1S/C23H20N6O3S/c30-33(31,19-8-9-20-16(13-19)10-12-32-20)29-18-6-4-17(5-7-18)27-22-14-23(26-15-25-22)28-21-3-1-2-11-24-21/h1-9,11,13-15,29H,10,12H2,(H2,24,25,26,27,28). The summed E-state index contributed by atoms with van der Waals surface area (Å²) in [6.07, 6.45) is 3.84. The van der Waals surface area contributed by atoms with Gasteiger partial charge in [-0.15, -0.1) is 0 Å². The van der Waals surface area contributed by atoms with Crippen molar-refractivity contribution in [2.75, 3.05) is 22.0 Å². The van der Waals surface area contributed by atoms with Gasteiger partial charge in [0.25, 0.3) is 10.0 Å². The predicted octanol–water partition coefficient (Wildman–Crippen LogP) is 4.09. The van der Waals surface area contributed by atoms with Gasteiger partial charge in [-0.1, -0.05) is 6.07 Å². The average Bonchev–Trinajstić information content (AvgIpc) is 3.29. The highest BCUT2D eigenvalue weighted by atomic mass is 32.2. The number of hydrogen-bond donors (Lipinski definition) is 3. The molecular formula is C23H20N6O3S. The molecule has 0 saturated heterocycles. The first-order valence-corrected chi connectivity index (χ1v) is 11.7. The number of fused-ring (bicyclic) bond motifs is 1. The average molecular weight is 461 g/mol. The lowest BCUT2D eigenvalue weighted by Crippen LogP contribution is -2.13. The third kappa shape index (κ3) is 4.85. The number of nitrogens with zero attached hydrogens (tertiary/aromatic N) is 3. The van der Waals surface area contributed by atoms with Crippen LogP contribution in [0, 0.1) is 0 Å². The summed E-state index contributed by atoms with van der Waals surface area (Å²) < 4.78 is 33.6. The monoisotopic (exact) mass is 460 g/mol. The Balaban J connectivity index is 1.26. The maximum atomic E-state index is 12.8. The molecule has 0 fully saturated rings. The van der Waals surface area contributed by atoms with E-state index in [0.29, 0.717) is 36.2 Å². The maximum Gasteiger partial charge on any atom is 0.261 e. The number of rotatable bonds is 7. The molecule has 3 N–H and O–H groups in total. The molecule has 0 radical (unpaired) electrons. The lowest BCUT2D eigenvalue weighted by molar-refractivity contribution is 0.356. The SMILES string of the molecule is O=S(=O)(Nc1ccc(Nc2cc(Nc3ccccn3)ncn2)cc1)c1ccc2c(c1)CCO2. The summed E-state index contributed by atoms with van der Waals surface area (Å²) in [6, 6.07) is 19.1. The highest BCUT2D eigenvalue weighted by Gasteiger charge is 2.19. The molecule has 5 rings (SSSR count). The smallest absolute Gasteiger partial charge is 0.261 e. The third-order valence-corrected chi connectivity index (χ3v) is 6.35. The zero-order chi connectivity index (χ0) is 22.7. The van der Waals surface area contributed by atoms with Gasteiger partial charge >= 0.3 is 0 Å². The molecule has 0 saturated carbocycles. The van der Waals surface area contributed by atoms with Gasteiger partial charge in [0, 0.05) is 30.1 Å². The van der Waals surface area contributed by atoms with E-state index < -0.39 is 10.0 Å². The first-order valence-electron chi connectivity index (χ1n) is 10.2. The van der Waals surface area contributed by atoms with Gasteiger partial charge in [0.2, 0.25) is 0 Å². The van der Waals surface area contributed by atoms with Crippen LogP contribution in [0.2, 0.25) is 0 Å². The van der Waals surface area contributed by atoms with Crippen LogP contribution in [0.1, 0.15) is 5.56 Å². The molecule has 166 valence electrons. The molecule has 0 spiro atoms. The lowest BCUT2D eigenvalue weighted by atomic mass is 10.2. The Hall–Kier alpha value is -4.18. The number of aromatic nitrogens is 3. The largest absolute Gasteiger partial charge is 0.493 e. The summed E-state index contributed by atoms with van der Waals surface area (Å²) in [5, 5.41) is 6.29. The summed E-state index contributed by atoms with van der Waals surface area (Å²) >= 11 is 0. The third-order valence-electron chi connectivity index (χ3n) is 4.97. The Morgan fingerprint density at radius 1 is 0.788 bits per heavy atom. The van der Waals surface area contributed by atoms with Crippen molar-refractivity contribution in [3.05, 3.63) is 84.8 Å². The first kappa shape index (κ1) is 20.7. The summed E-state index contributed by atoms with van der Waals surface area (Å²) in [5.41, 5.74) is 2.10. The van der Waals surface area contributed by atoms with E-state index in [1.807, 2.05) is 18.2 Å². The summed E-state index contributed by atoms with van der Waals surface area (Å²) in [6.45, 7) is 0.577. The van der Waals surface area contributed by atoms with Crippen LogP contribution in [0.25, 0.3) is 0 Å². The van der Waals surface area contributed by atoms with Gasteiger partial charge in [-0.3, -0.25) is 4.72 Å². The molecule has 1 aliphatic heterocycles. The molecule has 0 unspecified atom stereocenters. The van der Waals surface area contributed by atoms with Crippen LogP contribution in [0.3, 0.4) is 0 Å². The fraction of sp³-hybridized carbons (Fsp3) is 0.0870. The molecule has 2 aromatic carbocycles. The van der Waals surface area contributed by atoms with Crippen molar-refractivity contribution in [3.63, 3.8) is 0 Å². The number of ether oxygens (including phenoxy) is 1. The van der Waals surface area contributed by atoms with Crippen molar-refractivity contribution in [2.45, 2.75) is 11.3 Å². The van der Waals surface area contributed by atoms with Gasteiger partial charge in [-0.05, 0) is 60.2 Å². The Kier molecular flexibility index (Phi) is 5.49. The molecule has 0 atom stereocenters. The van der Waals surface area contributed by atoms with E-state index >= 15 is 0 Å². The van der Waals surface area contributed by atoms with Gasteiger partial charge in [0.15, 0.2) is 0 Å². The molecule has 1 aliphatic rings. The van der Waals surface area contributed by atoms with Gasteiger partial charge in [-0.2, -0.15) is 0 Å². The van der Waals surface area contributed by atoms with Crippen LogP contribution in [0.15, 0.2) is 84.1 Å². The summed E-state index contributed by atoms with van der Waals surface area (Å²) in [5.74, 6) is 2.59. The van der Waals surface area contributed by atoms with Crippen LogP contribution in [-0.2, 0) is 16.4 Å². The van der Waals surface area contributed by atoms with Crippen LogP contribution < -0.4 is 20.1 Å². The summed E-state index contributed by atoms with van der Waals surface area (Å²) in [4.78, 5) is 12.8. The lowest BCUT2D eigenvalue weighted by Gasteiger charge is -2.11. The molecule has 0 amide bonds. The number of benzene rings is 2. The van der Waals surface area contributed by atoms with E-state index in [1.165, 1.54) is 6.33 Å². The Bertz CT molecular complexity index is 1380. The molecule has 3 heterocycles. The quantitative estimate of drug-likeness (QED) is 0.377. The van der Waals surface area contributed by atoms with E-state index in [0.717, 1.165) is 17.0 Å². The first-order chi connectivity index (χ1) is 16.0. The fourth-order valence-electron chi connectivity index (χ4n) is 3.38. The van der Waals surface area contributed by atoms with Crippen molar-refractivity contribution in [2.24, 2.45) is 0 Å². The molecule has 2 aromatic heterocycles. The van der Waals surface area contributed by atoms with Gasteiger partial charge in [-0.25, -0.2) is 23.4 Å². The normalized spacial score (nSPS) is 12.5. The van der Waals surface area contributed by atoms with Crippen LogP contribution in [-0.4, -0.2) is 30.0 Å².